The minimum Gasteiger partial charge on any atom is -0.0845 e. The molecule has 20 heavy (non-hydrogen) atoms. The quantitative estimate of drug-likeness (QED) is 0.504. The summed E-state index contributed by atoms with van der Waals surface area (Å²) in [6, 6.07) is 0. The van der Waals surface area contributed by atoms with E-state index < -0.39 is 0 Å². The Hall–Kier alpha value is -0.260. The Kier molecular flexibility index (Phi) is 2.30. The van der Waals surface area contributed by atoms with Crippen molar-refractivity contribution in [1.82, 2.24) is 0 Å². The first-order valence-electron chi connectivity index (χ1n) is 9.31. The zero-order valence-corrected chi connectivity index (χ0v) is 13.3. The van der Waals surface area contributed by atoms with Gasteiger partial charge in [0.05, 0.1) is 0 Å². The molecule has 0 saturated heterocycles. The normalized spacial score (nSPS) is 59.9. The first kappa shape index (κ1) is 12.3. The van der Waals surface area contributed by atoms with Gasteiger partial charge in [-0.3, -0.25) is 0 Å². The molecule has 0 bridgehead atoms. The highest BCUT2D eigenvalue weighted by Crippen LogP contribution is 2.73. The summed E-state index contributed by atoms with van der Waals surface area (Å²) < 4.78 is 0. The molecule has 0 heteroatoms. The van der Waals surface area contributed by atoms with Crippen molar-refractivity contribution in [1.29, 1.82) is 0 Å². The molecule has 0 unspecified atom stereocenters. The second kappa shape index (κ2) is 3.73. The summed E-state index contributed by atoms with van der Waals surface area (Å²) in [5.74, 6) is 5.49. The van der Waals surface area contributed by atoms with Gasteiger partial charge in [0.2, 0.25) is 0 Å². The van der Waals surface area contributed by atoms with Gasteiger partial charge in [-0.05, 0) is 91.8 Å². The van der Waals surface area contributed by atoms with Gasteiger partial charge in [-0.25, -0.2) is 0 Å². The monoisotopic (exact) mass is 270 g/mol. The van der Waals surface area contributed by atoms with Crippen LogP contribution in [0.1, 0.15) is 71.6 Å². The predicted octanol–water partition coefficient (Wildman–Crippen LogP) is 5.59. The molecule has 0 N–H and O–H groups in total. The van der Waals surface area contributed by atoms with Gasteiger partial charge >= 0.3 is 0 Å². The van der Waals surface area contributed by atoms with Crippen LogP contribution in [0.2, 0.25) is 0 Å². The molecule has 7 atom stereocenters. The van der Waals surface area contributed by atoms with E-state index >= 15 is 0 Å². The lowest BCUT2D eigenvalue weighted by molar-refractivity contribution is -0.0377. The SMILES string of the molecule is C[C@]12CC[C@H]3[C@@H](CC=C4CCCC[C@@]43C)[C@@H]1[C@@H]1C[C@@H]1C2. The van der Waals surface area contributed by atoms with Crippen LogP contribution in [0.15, 0.2) is 11.6 Å². The molecule has 5 rings (SSSR count). The number of hydrogen-bond donors (Lipinski definition) is 0. The van der Waals surface area contributed by atoms with E-state index in [2.05, 4.69) is 19.9 Å². The van der Waals surface area contributed by atoms with E-state index in [1.54, 1.807) is 25.7 Å². The highest BCUT2D eigenvalue weighted by Gasteiger charge is 2.65. The molecule has 0 aromatic rings. The van der Waals surface area contributed by atoms with E-state index in [1.807, 2.05) is 5.57 Å². The van der Waals surface area contributed by atoms with Crippen molar-refractivity contribution < 1.29 is 0 Å². The van der Waals surface area contributed by atoms with Crippen molar-refractivity contribution in [2.75, 3.05) is 0 Å². The molecule has 0 amide bonds. The molecule has 0 aliphatic heterocycles. The maximum atomic E-state index is 2.72. The van der Waals surface area contributed by atoms with Crippen LogP contribution in [-0.2, 0) is 0 Å². The van der Waals surface area contributed by atoms with Crippen molar-refractivity contribution >= 4 is 0 Å². The van der Waals surface area contributed by atoms with Gasteiger partial charge in [-0.1, -0.05) is 31.9 Å². The number of hydrogen-bond acceptors (Lipinski definition) is 0. The lowest BCUT2D eigenvalue weighted by atomic mass is 9.47. The Morgan fingerprint density at radius 2 is 2.00 bits per heavy atom. The largest absolute Gasteiger partial charge is 0.0845 e. The number of rotatable bonds is 0. The molecule has 0 aromatic carbocycles. The molecule has 0 spiro atoms. The Morgan fingerprint density at radius 3 is 2.90 bits per heavy atom. The maximum Gasteiger partial charge on any atom is -0.00853 e. The number of fused-ring (bicyclic) bond motifs is 7. The fourth-order valence-electron chi connectivity index (χ4n) is 7.64. The molecule has 5 aliphatic carbocycles. The summed E-state index contributed by atoms with van der Waals surface area (Å²) in [5, 5.41) is 0. The summed E-state index contributed by atoms with van der Waals surface area (Å²) in [6.45, 7) is 5.30. The minimum absolute atomic E-state index is 0.607. The van der Waals surface area contributed by atoms with Crippen LogP contribution in [0.4, 0.5) is 0 Å². The Balaban J connectivity index is 1.54. The van der Waals surface area contributed by atoms with Gasteiger partial charge in [-0.15, -0.1) is 0 Å². The Morgan fingerprint density at radius 1 is 1.10 bits per heavy atom. The van der Waals surface area contributed by atoms with Crippen LogP contribution < -0.4 is 0 Å². The van der Waals surface area contributed by atoms with Crippen LogP contribution in [0, 0.1) is 40.4 Å². The third-order valence-electron chi connectivity index (χ3n) is 8.56. The highest BCUT2D eigenvalue weighted by molar-refractivity contribution is 5.25. The summed E-state index contributed by atoms with van der Waals surface area (Å²) >= 11 is 0. The molecule has 0 aromatic heterocycles. The third kappa shape index (κ3) is 1.39. The first-order valence-corrected chi connectivity index (χ1v) is 9.31. The zero-order chi connectivity index (χ0) is 13.5. The lowest BCUT2D eigenvalue weighted by Gasteiger charge is -2.57. The van der Waals surface area contributed by atoms with Crippen molar-refractivity contribution in [3.05, 3.63) is 11.6 Å². The van der Waals surface area contributed by atoms with Crippen molar-refractivity contribution in [2.24, 2.45) is 40.4 Å². The van der Waals surface area contributed by atoms with Crippen LogP contribution >= 0.6 is 0 Å². The summed E-state index contributed by atoms with van der Waals surface area (Å²) in [7, 11) is 0. The molecule has 110 valence electrons. The van der Waals surface area contributed by atoms with Gasteiger partial charge in [0.25, 0.3) is 0 Å². The zero-order valence-electron chi connectivity index (χ0n) is 13.3. The van der Waals surface area contributed by atoms with Crippen LogP contribution in [0.3, 0.4) is 0 Å². The molecular formula is C20H30. The van der Waals surface area contributed by atoms with Gasteiger partial charge in [0.15, 0.2) is 0 Å². The first-order chi connectivity index (χ1) is 9.62. The molecule has 4 saturated carbocycles. The smallest absolute Gasteiger partial charge is 0.00853 e. The summed E-state index contributed by atoms with van der Waals surface area (Å²) in [6.07, 6.45) is 16.3. The molecule has 0 radical (unpaired) electrons. The van der Waals surface area contributed by atoms with E-state index in [0.29, 0.717) is 5.41 Å². The van der Waals surface area contributed by atoms with Gasteiger partial charge < -0.3 is 0 Å². The Labute approximate surface area is 124 Å². The molecular weight excluding hydrogens is 240 g/mol. The van der Waals surface area contributed by atoms with E-state index in [0.717, 1.165) is 35.0 Å². The fraction of sp³-hybridized carbons (Fsp3) is 0.900. The summed E-state index contributed by atoms with van der Waals surface area (Å²) in [4.78, 5) is 0. The molecule has 0 nitrogen and oxygen atoms in total. The average Bonchev–Trinajstić information content (AvgIpc) is 3.09. The Bertz CT molecular complexity index is 474. The van der Waals surface area contributed by atoms with Crippen molar-refractivity contribution in [2.45, 2.75) is 71.6 Å². The second-order valence-electron chi connectivity index (χ2n) is 9.44. The van der Waals surface area contributed by atoms with Gasteiger partial charge in [-0.2, -0.15) is 0 Å². The summed E-state index contributed by atoms with van der Waals surface area (Å²) in [5.41, 5.74) is 3.22. The standard InChI is InChI=1S/C20H30/c1-19-10-8-17-15(18(19)16-11-13(16)12-19)7-6-14-5-3-4-9-20(14,17)2/h6,13,15-18H,3-5,7-12H2,1-2H3/t13-,15-,16-,17+,18-,19-,20+/m1/s1. The van der Waals surface area contributed by atoms with Crippen LogP contribution in [-0.4, -0.2) is 0 Å². The van der Waals surface area contributed by atoms with Gasteiger partial charge in [0, 0.05) is 0 Å². The van der Waals surface area contributed by atoms with Crippen LogP contribution in [0.25, 0.3) is 0 Å². The van der Waals surface area contributed by atoms with Gasteiger partial charge in [0.1, 0.15) is 0 Å². The molecule has 5 aliphatic rings. The second-order valence-corrected chi connectivity index (χ2v) is 9.44. The van der Waals surface area contributed by atoms with Crippen molar-refractivity contribution in [3.8, 4) is 0 Å². The molecule has 4 fully saturated rings. The highest BCUT2D eigenvalue weighted by atomic mass is 14.7. The topological polar surface area (TPSA) is 0 Å². The van der Waals surface area contributed by atoms with E-state index in [4.69, 9.17) is 0 Å². The minimum atomic E-state index is 0.607. The van der Waals surface area contributed by atoms with E-state index in [9.17, 15) is 0 Å². The molecule has 0 heterocycles. The van der Waals surface area contributed by atoms with E-state index in [-0.39, 0.29) is 0 Å². The van der Waals surface area contributed by atoms with Crippen molar-refractivity contribution in [3.63, 3.8) is 0 Å². The fourth-order valence-corrected chi connectivity index (χ4v) is 7.64. The van der Waals surface area contributed by atoms with E-state index in [1.165, 1.54) is 32.1 Å². The third-order valence-corrected chi connectivity index (χ3v) is 8.56. The maximum absolute atomic E-state index is 2.72. The lowest BCUT2D eigenvalue weighted by Crippen LogP contribution is -2.49. The van der Waals surface area contributed by atoms with Crippen LogP contribution in [0.5, 0.6) is 0 Å². The predicted molar refractivity (Wildman–Crippen MR) is 83.3 cm³/mol. The average molecular weight is 270 g/mol. The number of allylic oxidation sites excluding steroid dienone is 2.